The number of carboxylic acid groups (broad SMARTS) is 1. The second-order valence-electron chi connectivity index (χ2n) is 8.71. The Bertz CT molecular complexity index is 784. The van der Waals surface area contributed by atoms with E-state index in [9.17, 15) is 22.8 Å². The number of hydrogen-bond acceptors (Lipinski definition) is 5. The molecule has 2 heterocycles. The first-order valence-corrected chi connectivity index (χ1v) is 11.0. The SMILES string of the molecule is CN(C)CC(=O)N1CCC(C(=O)NC2CCCCC2)(n2cccn2)CC1.O=C(O)C(F)(F)F. The van der Waals surface area contributed by atoms with Gasteiger partial charge in [0.2, 0.25) is 11.8 Å². The molecular formula is C21H32F3N5O4. The van der Waals surface area contributed by atoms with Gasteiger partial charge >= 0.3 is 12.1 Å². The minimum absolute atomic E-state index is 0.0628. The van der Waals surface area contributed by atoms with Gasteiger partial charge in [0, 0.05) is 31.5 Å². The summed E-state index contributed by atoms with van der Waals surface area (Å²) in [7, 11) is 3.79. The van der Waals surface area contributed by atoms with Gasteiger partial charge in [-0.1, -0.05) is 19.3 Å². The summed E-state index contributed by atoms with van der Waals surface area (Å²) < 4.78 is 33.5. The van der Waals surface area contributed by atoms with Crippen molar-refractivity contribution in [2.45, 2.75) is 62.7 Å². The van der Waals surface area contributed by atoms with Crippen molar-refractivity contribution in [2.24, 2.45) is 0 Å². The quantitative estimate of drug-likeness (QED) is 0.673. The summed E-state index contributed by atoms with van der Waals surface area (Å²) in [6.45, 7) is 1.58. The van der Waals surface area contributed by atoms with Crippen LogP contribution in [0.1, 0.15) is 44.9 Å². The molecule has 186 valence electrons. The first kappa shape index (κ1) is 26.6. The molecule has 1 aliphatic carbocycles. The number of carboxylic acids is 1. The first-order valence-electron chi connectivity index (χ1n) is 11.0. The van der Waals surface area contributed by atoms with Crippen molar-refractivity contribution in [3.8, 4) is 0 Å². The average Bonchev–Trinajstić information content (AvgIpc) is 3.29. The number of hydrogen-bond donors (Lipinski definition) is 2. The number of nitrogens with zero attached hydrogens (tertiary/aromatic N) is 4. The minimum atomic E-state index is -5.08. The minimum Gasteiger partial charge on any atom is -0.475 e. The number of rotatable bonds is 5. The highest BCUT2D eigenvalue weighted by Gasteiger charge is 2.45. The van der Waals surface area contributed by atoms with Crippen LogP contribution in [0.2, 0.25) is 0 Å². The lowest BCUT2D eigenvalue weighted by atomic mass is 9.85. The monoisotopic (exact) mass is 475 g/mol. The fourth-order valence-corrected chi connectivity index (χ4v) is 4.15. The standard InChI is InChI=1S/C19H31N5O2.C2HF3O2/c1-22(2)15-17(25)23-13-9-19(10-14-23,24-12-6-11-20-24)18(26)21-16-7-4-3-5-8-16;3-2(4,5)1(6)7/h6,11-12,16H,3-5,7-10,13-15H2,1-2H3,(H,21,26);(H,6,7). The second kappa shape index (κ2) is 11.5. The van der Waals surface area contributed by atoms with Gasteiger partial charge in [-0.2, -0.15) is 18.3 Å². The summed E-state index contributed by atoms with van der Waals surface area (Å²) >= 11 is 0. The molecule has 0 aromatic carbocycles. The molecule has 0 bridgehead atoms. The molecule has 1 aromatic rings. The first-order chi connectivity index (χ1) is 15.5. The largest absolute Gasteiger partial charge is 0.490 e. The van der Waals surface area contributed by atoms with Crippen LogP contribution in [-0.4, -0.2) is 88.4 Å². The Morgan fingerprint density at radius 2 is 1.73 bits per heavy atom. The zero-order chi connectivity index (χ0) is 24.6. The van der Waals surface area contributed by atoms with Gasteiger partial charge in [0.1, 0.15) is 5.54 Å². The summed E-state index contributed by atoms with van der Waals surface area (Å²) in [5.41, 5.74) is -0.685. The zero-order valence-corrected chi connectivity index (χ0v) is 19.0. The van der Waals surface area contributed by atoms with Gasteiger partial charge in [-0.15, -0.1) is 0 Å². The van der Waals surface area contributed by atoms with Gasteiger partial charge in [-0.25, -0.2) is 4.79 Å². The molecule has 1 aliphatic heterocycles. The highest BCUT2D eigenvalue weighted by atomic mass is 19.4. The van der Waals surface area contributed by atoms with Crippen LogP contribution in [0, 0.1) is 0 Å². The van der Waals surface area contributed by atoms with Crippen molar-refractivity contribution < 1.29 is 32.7 Å². The third-order valence-electron chi connectivity index (χ3n) is 5.94. The summed E-state index contributed by atoms with van der Waals surface area (Å²) in [6.07, 6.45) is 5.48. The highest BCUT2D eigenvalue weighted by Crippen LogP contribution is 2.31. The van der Waals surface area contributed by atoms with Crippen molar-refractivity contribution in [3.05, 3.63) is 18.5 Å². The van der Waals surface area contributed by atoms with Crippen LogP contribution in [0.4, 0.5) is 13.2 Å². The van der Waals surface area contributed by atoms with Gasteiger partial charge in [0.05, 0.1) is 6.54 Å². The van der Waals surface area contributed by atoms with Crippen LogP contribution >= 0.6 is 0 Å². The van der Waals surface area contributed by atoms with Crippen LogP contribution in [0.15, 0.2) is 18.5 Å². The molecule has 1 saturated heterocycles. The predicted molar refractivity (Wildman–Crippen MR) is 113 cm³/mol. The molecule has 0 atom stereocenters. The summed E-state index contributed by atoms with van der Waals surface area (Å²) in [4.78, 5) is 38.3. The number of aliphatic carboxylic acids is 1. The molecule has 3 rings (SSSR count). The maximum absolute atomic E-state index is 13.3. The number of carbonyl (C=O) groups excluding carboxylic acids is 2. The molecule has 1 aromatic heterocycles. The highest BCUT2D eigenvalue weighted by molar-refractivity contribution is 5.85. The number of carbonyl (C=O) groups is 3. The van der Waals surface area contributed by atoms with Gasteiger partial charge in [0.25, 0.3) is 0 Å². The average molecular weight is 476 g/mol. The van der Waals surface area contributed by atoms with Gasteiger partial charge in [-0.05, 0) is 45.8 Å². The van der Waals surface area contributed by atoms with E-state index in [2.05, 4.69) is 10.4 Å². The van der Waals surface area contributed by atoms with E-state index in [0.717, 1.165) is 12.8 Å². The molecule has 1 saturated carbocycles. The molecule has 0 radical (unpaired) electrons. The van der Waals surface area contributed by atoms with E-state index >= 15 is 0 Å². The zero-order valence-electron chi connectivity index (χ0n) is 19.0. The Morgan fingerprint density at radius 1 is 1.15 bits per heavy atom. The van der Waals surface area contributed by atoms with E-state index in [0.29, 0.717) is 32.5 Å². The van der Waals surface area contributed by atoms with Crippen LogP contribution in [0.25, 0.3) is 0 Å². The molecule has 2 N–H and O–H groups in total. The van der Waals surface area contributed by atoms with Crippen molar-refractivity contribution in [3.63, 3.8) is 0 Å². The lowest BCUT2D eigenvalue weighted by Gasteiger charge is -2.42. The Hall–Kier alpha value is -2.63. The maximum atomic E-state index is 13.3. The number of likely N-dealkylation sites (N-methyl/N-ethyl adjacent to an activating group) is 1. The molecule has 0 unspecified atom stereocenters. The van der Waals surface area contributed by atoms with Crippen molar-refractivity contribution >= 4 is 17.8 Å². The van der Waals surface area contributed by atoms with E-state index in [1.54, 1.807) is 10.9 Å². The number of likely N-dealkylation sites (tertiary alicyclic amines) is 1. The molecule has 33 heavy (non-hydrogen) atoms. The molecular weight excluding hydrogens is 443 g/mol. The van der Waals surface area contributed by atoms with E-state index in [1.807, 2.05) is 36.2 Å². The molecule has 2 aliphatic rings. The summed E-state index contributed by atoms with van der Waals surface area (Å²) in [6, 6.07) is 2.14. The van der Waals surface area contributed by atoms with E-state index in [1.165, 1.54) is 19.3 Å². The maximum Gasteiger partial charge on any atom is 0.490 e. The smallest absolute Gasteiger partial charge is 0.475 e. The fraction of sp³-hybridized carbons (Fsp3) is 0.714. The molecule has 0 spiro atoms. The lowest BCUT2D eigenvalue weighted by molar-refractivity contribution is -0.192. The fourth-order valence-electron chi connectivity index (χ4n) is 4.15. The molecule has 9 nitrogen and oxygen atoms in total. The van der Waals surface area contributed by atoms with E-state index in [4.69, 9.17) is 9.90 Å². The molecule has 12 heteroatoms. The van der Waals surface area contributed by atoms with Gasteiger partial charge < -0.3 is 20.2 Å². The summed E-state index contributed by atoms with van der Waals surface area (Å²) in [5, 5.41) is 14.8. The number of piperidine rings is 1. The van der Waals surface area contributed by atoms with Crippen LogP contribution in [-0.2, 0) is 19.9 Å². The Morgan fingerprint density at radius 3 is 2.18 bits per heavy atom. The van der Waals surface area contributed by atoms with Gasteiger partial charge in [0.15, 0.2) is 0 Å². The van der Waals surface area contributed by atoms with E-state index < -0.39 is 17.7 Å². The van der Waals surface area contributed by atoms with Crippen LogP contribution in [0.5, 0.6) is 0 Å². The molecule has 2 amide bonds. The van der Waals surface area contributed by atoms with Crippen LogP contribution in [0.3, 0.4) is 0 Å². The number of amides is 2. The number of nitrogens with one attached hydrogen (secondary N) is 1. The normalized spacial score (nSPS) is 18.9. The Labute approximate surface area is 190 Å². The predicted octanol–water partition coefficient (Wildman–Crippen LogP) is 1.84. The van der Waals surface area contributed by atoms with Crippen molar-refractivity contribution in [1.29, 1.82) is 0 Å². The second-order valence-corrected chi connectivity index (χ2v) is 8.71. The third kappa shape index (κ3) is 7.44. The van der Waals surface area contributed by atoms with Gasteiger partial charge in [-0.3, -0.25) is 14.3 Å². The lowest BCUT2D eigenvalue weighted by Crippen LogP contribution is -2.58. The Kier molecular flexibility index (Phi) is 9.26. The molecule has 2 fully saturated rings. The third-order valence-corrected chi connectivity index (χ3v) is 5.94. The number of aromatic nitrogens is 2. The number of alkyl halides is 3. The van der Waals surface area contributed by atoms with Crippen LogP contribution < -0.4 is 5.32 Å². The van der Waals surface area contributed by atoms with Crippen molar-refractivity contribution in [1.82, 2.24) is 24.9 Å². The topological polar surface area (TPSA) is 108 Å². The van der Waals surface area contributed by atoms with E-state index in [-0.39, 0.29) is 17.9 Å². The van der Waals surface area contributed by atoms with Crippen molar-refractivity contribution in [2.75, 3.05) is 33.7 Å². The number of halogens is 3. The Balaban J connectivity index is 0.000000479. The summed E-state index contributed by atoms with van der Waals surface area (Å²) in [5.74, 6) is -2.57.